The normalized spacial score (nSPS) is 17.3. The van der Waals surface area contributed by atoms with E-state index in [1.54, 1.807) is 29.9 Å². The number of pyridine rings is 1. The number of rotatable bonds is 7. The number of benzene rings is 1. The lowest BCUT2D eigenvalue weighted by molar-refractivity contribution is 0.0427. The molecule has 13 heteroatoms. The number of esters is 1. The second-order valence-corrected chi connectivity index (χ2v) is 14.1. The largest absolute Gasteiger partial charge is 0.461 e. The molecule has 46 heavy (non-hydrogen) atoms. The zero-order chi connectivity index (χ0) is 32.6. The third-order valence-corrected chi connectivity index (χ3v) is 9.87. The van der Waals surface area contributed by atoms with Gasteiger partial charge in [0, 0.05) is 35.8 Å². The first-order chi connectivity index (χ1) is 22.0. The quantitative estimate of drug-likeness (QED) is 0.227. The van der Waals surface area contributed by atoms with Gasteiger partial charge in [0.05, 0.1) is 30.5 Å². The fourth-order valence-electron chi connectivity index (χ4n) is 6.39. The van der Waals surface area contributed by atoms with Crippen LogP contribution in [0.25, 0.3) is 5.65 Å². The predicted molar refractivity (Wildman–Crippen MR) is 174 cm³/mol. The summed E-state index contributed by atoms with van der Waals surface area (Å²) in [5.41, 5.74) is 2.72. The number of aliphatic hydroxyl groups excluding tert-OH is 1. The summed E-state index contributed by atoms with van der Waals surface area (Å²) in [6.45, 7) is 8.69. The monoisotopic (exact) mass is 664 g/mol. The van der Waals surface area contributed by atoms with E-state index in [4.69, 9.17) is 31.0 Å². The van der Waals surface area contributed by atoms with Crippen LogP contribution in [-0.2, 0) is 22.5 Å². The minimum atomic E-state index is -0.590. The van der Waals surface area contributed by atoms with Crippen LogP contribution in [0.5, 0.6) is 0 Å². The first-order valence-corrected chi connectivity index (χ1v) is 16.5. The van der Waals surface area contributed by atoms with Gasteiger partial charge in [-0.25, -0.2) is 24.5 Å². The van der Waals surface area contributed by atoms with Crippen LogP contribution >= 0.6 is 23.4 Å². The number of aromatic nitrogens is 4. The number of imidazole rings is 1. The first-order valence-electron chi connectivity index (χ1n) is 15.3. The van der Waals surface area contributed by atoms with Gasteiger partial charge in [-0.3, -0.25) is 0 Å². The van der Waals surface area contributed by atoms with E-state index in [0.29, 0.717) is 45.2 Å². The van der Waals surface area contributed by atoms with Gasteiger partial charge < -0.3 is 29.2 Å². The van der Waals surface area contributed by atoms with Gasteiger partial charge in [-0.1, -0.05) is 47.6 Å². The number of amides is 1. The van der Waals surface area contributed by atoms with E-state index in [1.165, 1.54) is 17.3 Å². The molecule has 1 saturated heterocycles. The first kappa shape index (κ1) is 32.1. The minimum Gasteiger partial charge on any atom is -0.461 e. The molecule has 1 atom stereocenters. The summed E-state index contributed by atoms with van der Waals surface area (Å²) in [6.07, 6.45) is 7.12. The molecule has 0 radical (unpaired) electrons. The fraction of sp³-hybridized carbons (Fsp3) is 0.424. The number of alkyl carbamates (subject to hydrolysis) is 1. The van der Waals surface area contributed by atoms with E-state index >= 15 is 0 Å². The molecule has 1 fully saturated rings. The molecule has 0 bridgehead atoms. The topological polar surface area (TPSA) is 131 Å². The molecular weight excluding hydrogens is 628 g/mol. The van der Waals surface area contributed by atoms with Crippen LogP contribution in [0.2, 0.25) is 5.02 Å². The number of hydrogen-bond donors (Lipinski definition) is 2. The molecule has 3 aromatic heterocycles. The maximum absolute atomic E-state index is 12.9. The number of nitrogens with one attached hydrogen (secondary N) is 1. The lowest BCUT2D eigenvalue weighted by atomic mass is 9.72. The number of carbonyl (C=O) groups is 2. The van der Waals surface area contributed by atoms with Crippen LogP contribution in [0.3, 0.4) is 0 Å². The molecule has 1 spiro atoms. The third-order valence-electron chi connectivity index (χ3n) is 8.42. The highest BCUT2D eigenvalue weighted by Gasteiger charge is 2.49. The Morgan fingerprint density at radius 1 is 1.17 bits per heavy atom. The van der Waals surface area contributed by atoms with Crippen molar-refractivity contribution in [2.24, 2.45) is 5.41 Å². The van der Waals surface area contributed by atoms with Crippen molar-refractivity contribution in [1.82, 2.24) is 24.7 Å². The molecule has 0 unspecified atom stereocenters. The van der Waals surface area contributed by atoms with E-state index in [9.17, 15) is 14.7 Å². The Hall–Kier alpha value is -3.87. The average Bonchev–Trinajstić information content (AvgIpc) is 3.58. The number of carbonyl (C=O) groups excluding carboxylic acids is 2. The summed E-state index contributed by atoms with van der Waals surface area (Å²) in [6, 6.07) is 9.95. The summed E-state index contributed by atoms with van der Waals surface area (Å²) in [7, 11) is 0. The Labute approximate surface area is 276 Å². The number of nitrogens with zero attached hydrogens (tertiary/aromatic N) is 5. The van der Waals surface area contributed by atoms with E-state index in [0.717, 1.165) is 24.8 Å². The highest BCUT2D eigenvalue weighted by atomic mass is 35.5. The second-order valence-electron chi connectivity index (χ2n) is 12.6. The maximum Gasteiger partial charge on any atom is 0.408 e. The van der Waals surface area contributed by atoms with Crippen molar-refractivity contribution < 1.29 is 24.2 Å². The molecule has 1 amide bonds. The number of hydrogen-bond acceptors (Lipinski definition) is 10. The molecule has 1 aromatic carbocycles. The van der Waals surface area contributed by atoms with E-state index < -0.39 is 17.7 Å². The summed E-state index contributed by atoms with van der Waals surface area (Å²) >= 11 is 7.99. The zero-order valence-electron chi connectivity index (χ0n) is 26.2. The van der Waals surface area contributed by atoms with Gasteiger partial charge in [-0.15, -0.1) is 0 Å². The van der Waals surface area contributed by atoms with Crippen LogP contribution in [0, 0.1) is 5.41 Å². The van der Waals surface area contributed by atoms with Crippen LogP contribution in [0.1, 0.15) is 73.9 Å². The lowest BCUT2D eigenvalue weighted by Gasteiger charge is -2.44. The van der Waals surface area contributed by atoms with Crippen molar-refractivity contribution in [2.75, 3.05) is 24.6 Å². The predicted octanol–water partition coefficient (Wildman–Crippen LogP) is 6.01. The second kappa shape index (κ2) is 12.7. The van der Waals surface area contributed by atoms with Crippen molar-refractivity contribution in [3.05, 3.63) is 76.5 Å². The van der Waals surface area contributed by atoms with Crippen molar-refractivity contribution in [1.29, 1.82) is 0 Å². The molecule has 2 aliphatic rings. The molecule has 242 valence electrons. The van der Waals surface area contributed by atoms with E-state index in [1.807, 2.05) is 39.0 Å². The van der Waals surface area contributed by atoms with Crippen molar-refractivity contribution >= 4 is 46.9 Å². The minimum absolute atomic E-state index is 0.158. The zero-order valence-corrected chi connectivity index (χ0v) is 27.8. The molecule has 4 heterocycles. The van der Waals surface area contributed by atoms with Gasteiger partial charge in [0.1, 0.15) is 16.3 Å². The van der Waals surface area contributed by atoms with Gasteiger partial charge in [-0.2, -0.15) is 0 Å². The molecule has 1 aliphatic carbocycles. The number of aliphatic hydroxyl groups is 1. The summed E-state index contributed by atoms with van der Waals surface area (Å²) in [4.78, 5) is 41.7. The van der Waals surface area contributed by atoms with Gasteiger partial charge in [0.2, 0.25) is 0 Å². The highest BCUT2D eigenvalue weighted by molar-refractivity contribution is 7.99. The van der Waals surface area contributed by atoms with Crippen LogP contribution < -0.4 is 10.2 Å². The van der Waals surface area contributed by atoms with Crippen LogP contribution in [0.4, 0.5) is 10.6 Å². The molecule has 11 nitrogen and oxygen atoms in total. The van der Waals surface area contributed by atoms with E-state index in [2.05, 4.69) is 27.3 Å². The standard InChI is InChI=1S/C33H37ClN6O5S/c1-5-44-30(42)22-18-40-13-10-24(26(34)29(40)37-22)46-25-17-35-28(23(19-41)36-25)39-14-11-33(12-15-39)16-20-8-6-7-9-21(20)27(33)38-31(43)45-32(2,3)4/h6-10,13,17-18,27,41H,5,11-12,14-16,19H2,1-4H3,(H,38,43)/t27-/m1/s1. The van der Waals surface area contributed by atoms with Crippen molar-refractivity contribution in [2.45, 2.75) is 75.1 Å². The van der Waals surface area contributed by atoms with E-state index in [-0.39, 0.29) is 30.4 Å². The van der Waals surface area contributed by atoms with Crippen LogP contribution in [-0.4, -0.2) is 61.8 Å². The lowest BCUT2D eigenvalue weighted by Crippen LogP contribution is -2.48. The SMILES string of the molecule is CCOC(=O)c1cn2ccc(Sc3cnc(N4CCC5(CC4)Cc4ccccc4[C@H]5NC(=O)OC(C)(C)C)c(CO)n3)c(Cl)c2n1. The van der Waals surface area contributed by atoms with Crippen molar-refractivity contribution in [3.63, 3.8) is 0 Å². The Bertz CT molecular complexity index is 1780. The van der Waals surface area contributed by atoms with Crippen LogP contribution in [0.15, 0.2) is 58.8 Å². The molecule has 4 aromatic rings. The van der Waals surface area contributed by atoms with Gasteiger partial charge in [0.25, 0.3) is 0 Å². The number of halogens is 1. The number of anilines is 1. The Morgan fingerprint density at radius 2 is 1.93 bits per heavy atom. The Balaban J connectivity index is 1.18. The van der Waals surface area contributed by atoms with Gasteiger partial charge in [-0.05, 0) is 64.2 Å². The van der Waals surface area contributed by atoms with Crippen molar-refractivity contribution in [3.8, 4) is 0 Å². The molecule has 1 aliphatic heterocycles. The highest BCUT2D eigenvalue weighted by Crippen LogP contribution is 2.52. The molecule has 0 saturated carbocycles. The maximum atomic E-state index is 12.9. The number of piperidine rings is 1. The summed E-state index contributed by atoms with van der Waals surface area (Å²) in [5, 5.41) is 14.4. The fourth-order valence-corrected chi connectivity index (χ4v) is 7.51. The molecule has 2 N–H and O–H groups in total. The number of ether oxygens (including phenoxy) is 2. The third kappa shape index (κ3) is 6.38. The van der Waals surface area contributed by atoms with Gasteiger partial charge in [0.15, 0.2) is 17.2 Å². The number of fused-ring (bicyclic) bond motifs is 2. The Kier molecular flexibility index (Phi) is 8.88. The molecular formula is C33H37ClN6O5S. The summed E-state index contributed by atoms with van der Waals surface area (Å²) in [5.74, 6) is 0.129. The molecule has 6 rings (SSSR count). The Morgan fingerprint density at radius 3 is 2.65 bits per heavy atom. The average molecular weight is 665 g/mol. The summed E-state index contributed by atoms with van der Waals surface area (Å²) < 4.78 is 12.4. The smallest absolute Gasteiger partial charge is 0.408 e. The van der Waals surface area contributed by atoms with Gasteiger partial charge >= 0.3 is 12.1 Å².